The average molecular weight is 293 g/mol. The molecule has 1 aliphatic carbocycles. The molecule has 4 heteroatoms. The molecule has 0 aliphatic heterocycles. The Morgan fingerprint density at radius 3 is 2.62 bits per heavy atom. The smallest absolute Gasteiger partial charge is 0.332 e. The van der Waals surface area contributed by atoms with Crippen LogP contribution in [0.5, 0.6) is 0 Å². The van der Waals surface area contributed by atoms with Crippen molar-refractivity contribution in [1.82, 2.24) is 0 Å². The normalized spacial score (nSPS) is 29.0. The highest BCUT2D eigenvalue weighted by Gasteiger charge is 2.48. The fourth-order valence-electron chi connectivity index (χ4n) is 3.19. The second-order valence-corrected chi connectivity index (χ2v) is 6.11. The number of carbonyl (C=O) groups is 1. The van der Waals surface area contributed by atoms with E-state index < -0.39 is 5.54 Å². The quantitative estimate of drug-likeness (QED) is 0.853. The fourth-order valence-corrected chi connectivity index (χ4v) is 3.19. The van der Waals surface area contributed by atoms with E-state index in [-0.39, 0.29) is 17.7 Å². The summed E-state index contributed by atoms with van der Waals surface area (Å²) in [5.74, 6) is 0.153. The van der Waals surface area contributed by atoms with Crippen LogP contribution in [0.25, 0.3) is 0 Å². The van der Waals surface area contributed by atoms with Crippen molar-refractivity contribution in [2.45, 2.75) is 45.6 Å². The third-order valence-electron chi connectivity index (χ3n) is 4.46. The van der Waals surface area contributed by atoms with Crippen LogP contribution >= 0.6 is 0 Å². The molecule has 1 aliphatic rings. The number of carbonyl (C=O) groups excluding carboxylic acids is 1. The second-order valence-electron chi connectivity index (χ2n) is 6.11. The van der Waals surface area contributed by atoms with Crippen molar-refractivity contribution in [2.75, 3.05) is 11.9 Å². The summed E-state index contributed by atoms with van der Waals surface area (Å²) in [6.07, 6.45) is 2.84. The topological polar surface area (TPSA) is 38.3 Å². The van der Waals surface area contributed by atoms with Crippen LogP contribution < -0.4 is 5.32 Å². The van der Waals surface area contributed by atoms with Crippen LogP contribution in [0, 0.1) is 17.7 Å². The molecule has 3 nitrogen and oxygen atoms in total. The van der Waals surface area contributed by atoms with Gasteiger partial charge in [0.2, 0.25) is 0 Å². The maximum absolute atomic E-state index is 13.1. The Hall–Kier alpha value is -1.58. The number of hydrogen-bond donors (Lipinski definition) is 1. The zero-order valence-electron chi connectivity index (χ0n) is 13.0. The molecule has 116 valence electrons. The average Bonchev–Trinajstić information content (AvgIpc) is 2.45. The van der Waals surface area contributed by atoms with E-state index in [2.05, 4.69) is 19.2 Å². The minimum atomic E-state index is -0.717. The number of ether oxygens (including phenoxy) is 1. The summed E-state index contributed by atoms with van der Waals surface area (Å²) in [6.45, 7) is 6.43. The van der Waals surface area contributed by atoms with Gasteiger partial charge in [-0.15, -0.1) is 0 Å². The summed E-state index contributed by atoms with van der Waals surface area (Å²) in [6, 6.07) is 6.14. The number of esters is 1. The van der Waals surface area contributed by atoms with Gasteiger partial charge in [0.1, 0.15) is 11.4 Å². The standard InChI is InChI=1S/C17H24FNO2/c1-4-21-16(20)17(11-12(2)5-6-13(17)3)19-15-9-7-14(18)8-10-15/h7-10,12-13,19H,4-6,11H2,1-3H3. The zero-order valence-corrected chi connectivity index (χ0v) is 13.0. The van der Waals surface area contributed by atoms with Gasteiger partial charge in [0.15, 0.2) is 0 Å². The van der Waals surface area contributed by atoms with Crippen molar-refractivity contribution < 1.29 is 13.9 Å². The molecular formula is C17H24FNO2. The SMILES string of the molecule is CCOC(=O)C1(Nc2ccc(F)cc2)CC(C)CCC1C. The van der Waals surface area contributed by atoms with Crippen LogP contribution in [-0.4, -0.2) is 18.1 Å². The van der Waals surface area contributed by atoms with Crippen LogP contribution in [0.3, 0.4) is 0 Å². The Labute approximate surface area is 125 Å². The molecule has 2 rings (SSSR count). The number of halogens is 1. The molecule has 0 amide bonds. The first-order valence-corrected chi connectivity index (χ1v) is 7.69. The highest BCUT2D eigenvalue weighted by Crippen LogP contribution is 2.40. The number of hydrogen-bond acceptors (Lipinski definition) is 3. The highest BCUT2D eigenvalue weighted by atomic mass is 19.1. The first kappa shape index (κ1) is 15.8. The monoisotopic (exact) mass is 293 g/mol. The van der Waals surface area contributed by atoms with Crippen LogP contribution in [0.15, 0.2) is 24.3 Å². The van der Waals surface area contributed by atoms with Crippen LogP contribution in [0.1, 0.15) is 40.0 Å². The van der Waals surface area contributed by atoms with E-state index in [1.54, 1.807) is 12.1 Å². The summed E-state index contributed by atoms with van der Waals surface area (Å²) < 4.78 is 18.4. The molecule has 0 spiro atoms. The van der Waals surface area contributed by atoms with E-state index in [9.17, 15) is 9.18 Å². The van der Waals surface area contributed by atoms with Gasteiger partial charge in [0.25, 0.3) is 0 Å². The Morgan fingerprint density at radius 2 is 2.00 bits per heavy atom. The molecule has 0 radical (unpaired) electrons. The molecule has 0 heterocycles. The molecule has 0 bridgehead atoms. The van der Waals surface area contributed by atoms with Gasteiger partial charge in [0, 0.05) is 5.69 Å². The van der Waals surface area contributed by atoms with Crippen molar-refractivity contribution >= 4 is 11.7 Å². The summed E-state index contributed by atoms with van der Waals surface area (Å²) >= 11 is 0. The molecule has 1 aromatic carbocycles. The lowest BCUT2D eigenvalue weighted by Crippen LogP contribution is -2.55. The Morgan fingerprint density at radius 1 is 1.33 bits per heavy atom. The molecule has 1 N–H and O–H groups in total. The van der Waals surface area contributed by atoms with Gasteiger partial charge in [-0.25, -0.2) is 9.18 Å². The lowest BCUT2D eigenvalue weighted by molar-refractivity contribution is -0.152. The molecule has 1 fully saturated rings. The first-order chi connectivity index (χ1) is 9.98. The van der Waals surface area contributed by atoms with Crippen LogP contribution in [-0.2, 0) is 9.53 Å². The summed E-state index contributed by atoms with van der Waals surface area (Å²) in [5.41, 5.74) is 0.0382. The molecule has 0 saturated heterocycles. The van der Waals surface area contributed by atoms with Gasteiger partial charge in [-0.3, -0.25) is 0 Å². The number of nitrogens with one attached hydrogen (secondary N) is 1. The summed E-state index contributed by atoms with van der Waals surface area (Å²) in [4.78, 5) is 12.6. The summed E-state index contributed by atoms with van der Waals surface area (Å²) in [5, 5.41) is 3.35. The van der Waals surface area contributed by atoms with Gasteiger partial charge in [-0.1, -0.05) is 20.3 Å². The zero-order chi connectivity index (χ0) is 15.5. The van der Waals surface area contributed by atoms with Gasteiger partial charge in [0.05, 0.1) is 6.61 Å². The van der Waals surface area contributed by atoms with E-state index in [0.29, 0.717) is 12.5 Å². The highest BCUT2D eigenvalue weighted by molar-refractivity contribution is 5.85. The lowest BCUT2D eigenvalue weighted by atomic mass is 9.69. The third-order valence-corrected chi connectivity index (χ3v) is 4.46. The summed E-state index contributed by atoms with van der Waals surface area (Å²) in [7, 11) is 0. The van der Waals surface area contributed by atoms with Gasteiger partial charge < -0.3 is 10.1 Å². The molecular weight excluding hydrogens is 269 g/mol. The predicted molar refractivity (Wildman–Crippen MR) is 81.6 cm³/mol. The third kappa shape index (κ3) is 3.36. The Bertz CT molecular complexity index is 488. The number of benzene rings is 1. The number of anilines is 1. The maximum atomic E-state index is 13.1. The largest absolute Gasteiger partial charge is 0.464 e. The maximum Gasteiger partial charge on any atom is 0.332 e. The minimum absolute atomic E-state index is 0.179. The molecule has 21 heavy (non-hydrogen) atoms. The molecule has 0 aromatic heterocycles. The lowest BCUT2D eigenvalue weighted by Gasteiger charge is -2.44. The van der Waals surface area contributed by atoms with E-state index in [0.717, 1.165) is 24.9 Å². The van der Waals surface area contributed by atoms with E-state index >= 15 is 0 Å². The first-order valence-electron chi connectivity index (χ1n) is 7.69. The molecule has 3 atom stereocenters. The van der Waals surface area contributed by atoms with Crippen molar-refractivity contribution in [3.8, 4) is 0 Å². The molecule has 1 saturated carbocycles. The van der Waals surface area contributed by atoms with Crippen molar-refractivity contribution in [1.29, 1.82) is 0 Å². The van der Waals surface area contributed by atoms with Gasteiger partial charge in [-0.05, 0) is 55.9 Å². The Balaban J connectivity index is 2.30. The van der Waals surface area contributed by atoms with Crippen molar-refractivity contribution in [2.24, 2.45) is 11.8 Å². The Kier molecular flexibility index (Phi) is 4.86. The van der Waals surface area contributed by atoms with Crippen LogP contribution in [0.4, 0.5) is 10.1 Å². The minimum Gasteiger partial charge on any atom is -0.464 e. The number of rotatable bonds is 4. The fraction of sp³-hybridized carbons (Fsp3) is 0.588. The van der Waals surface area contributed by atoms with Gasteiger partial charge >= 0.3 is 5.97 Å². The van der Waals surface area contributed by atoms with Gasteiger partial charge in [-0.2, -0.15) is 0 Å². The van der Waals surface area contributed by atoms with E-state index in [1.807, 2.05) is 6.92 Å². The molecule has 1 aromatic rings. The predicted octanol–water partition coefficient (Wildman–Crippen LogP) is 4.00. The van der Waals surface area contributed by atoms with E-state index in [4.69, 9.17) is 4.74 Å². The molecule has 3 unspecified atom stereocenters. The van der Waals surface area contributed by atoms with E-state index in [1.165, 1.54) is 12.1 Å². The van der Waals surface area contributed by atoms with Crippen molar-refractivity contribution in [3.05, 3.63) is 30.1 Å². The second kappa shape index (κ2) is 6.46. The van der Waals surface area contributed by atoms with Crippen molar-refractivity contribution in [3.63, 3.8) is 0 Å². The van der Waals surface area contributed by atoms with Crippen LogP contribution in [0.2, 0.25) is 0 Å².